The Balaban J connectivity index is 2.20. The summed E-state index contributed by atoms with van der Waals surface area (Å²) in [6.45, 7) is 0. The number of hydrogen-bond donors (Lipinski definition) is 0. The van der Waals surface area contributed by atoms with Gasteiger partial charge in [-0.05, 0) is 29.7 Å². The van der Waals surface area contributed by atoms with Gasteiger partial charge in [-0.1, -0.05) is 18.2 Å². The Hall–Kier alpha value is -2.89. The maximum absolute atomic E-state index is 14.2. The topological polar surface area (TPSA) is 4.41 Å². The van der Waals surface area contributed by atoms with E-state index in [1.165, 1.54) is 6.07 Å². The molecule has 0 saturated carbocycles. The van der Waals surface area contributed by atoms with Crippen LogP contribution >= 0.6 is 0 Å². The zero-order valence-corrected chi connectivity index (χ0v) is 12.0. The quantitative estimate of drug-likeness (QED) is 0.248. The second kappa shape index (κ2) is 5.06. The molecular formula is C18H8F5N. The van der Waals surface area contributed by atoms with Gasteiger partial charge in [0.2, 0.25) is 5.82 Å². The van der Waals surface area contributed by atoms with Crippen LogP contribution < -0.4 is 0 Å². The maximum Gasteiger partial charge on any atom is 0.200 e. The standard InChI is InChI=1S/C18H8F5N/c19-14-13(15(20)17(22)18(23)16(14)21)10-8-9-4-1-2-5-11(9)24-7-3-6-12(10)24/h1-8H. The largest absolute Gasteiger partial charge is 0.316 e. The van der Waals surface area contributed by atoms with Gasteiger partial charge in [-0.25, -0.2) is 22.0 Å². The summed E-state index contributed by atoms with van der Waals surface area (Å²) in [6, 6.07) is 11.6. The highest BCUT2D eigenvalue weighted by molar-refractivity contribution is 5.93. The lowest BCUT2D eigenvalue weighted by Crippen LogP contribution is -2.05. The van der Waals surface area contributed by atoms with E-state index in [0.717, 1.165) is 5.52 Å². The Bertz CT molecular complexity index is 1080. The molecule has 0 amide bonds. The van der Waals surface area contributed by atoms with Crippen molar-refractivity contribution < 1.29 is 22.0 Å². The minimum Gasteiger partial charge on any atom is -0.316 e. The van der Waals surface area contributed by atoms with Gasteiger partial charge in [-0.2, -0.15) is 0 Å². The SMILES string of the molecule is Fc1c(F)c(F)c(-c2cc3ccccc3n3cccc23)c(F)c1F. The molecule has 0 saturated heterocycles. The van der Waals surface area contributed by atoms with E-state index in [2.05, 4.69) is 0 Å². The van der Waals surface area contributed by atoms with E-state index in [1.807, 2.05) is 0 Å². The third-order valence-corrected chi connectivity index (χ3v) is 4.00. The first kappa shape index (κ1) is 14.7. The predicted molar refractivity (Wildman–Crippen MR) is 80.1 cm³/mol. The van der Waals surface area contributed by atoms with Crippen LogP contribution in [-0.2, 0) is 0 Å². The third-order valence-electron chi connectivity index (χ3n) is 4.00. The highest BCUT2D eigenvalue weighted by Crippen LogP contribution is 2.36. The van der Waals surface area contributed by atoms with E-state index in [-0.39, 0.29) is 5.56 Å². The number of fused-ring (bicyclic) bond motifs is 3. The van der Waals surface area contributed by atoms with Crippen molar-refractivity contribution in [1.82, 2.24) is 4.40 Å². The molecule has 0 aliphatic heterocycles. The normalized spacial score (nSPS) is 11.5. The van der Waals surface area contributed by atoms with Gasteiger partial charge in [-0.15, -0.1) is 0 Å². The van der Waals surface area contributed by atoms with E-state index in [1.54, 1.807) is 47.0 Å². The lowest BCUT2D eigenvalue weighted by atomic mass is 10.0. The van der Waals surface area contributed by atoms with Crippen molar-refractivity contribution in [3.63, 3.8) is 0 Å². The first-order valence-electron chi connectivity index (χ1n) is 7.01. The van der Waals surface area contributed by atoms with Gasteiger partial charge in [-0.3, -0.25) is 0 Å². The highest BCUT2D eigenvalue weighted by atomic mass is 19.2. The number of aromatic nitrogens is 1. The monoisotopic (exact) mass is 333 g/mol. The fourth-order valence-electron chi connectivity index (χ4n) is 2.91. The molecule has 4 aromatic rings. The first-order chi connectivity index (χ1) is 11.5. The maximum atomic E-state index is 14.2. The van der Waals surface area contributed by atoms with E-state index in [0.29, 0.717) is 10.9 Å². The van der Waals surface area contributed by atoms with E-state index in [4.69, 9.17) is 0 Å². The molecule has 6 heteroatoms. The minimum atomic E-state index is -2.17. The van der Waals surface area contributed by atoms with Crippen molar-refractivity contribution in [2.24, 2.45) is 0 Å². The molecule has 1 nitrogen and oxygen atoms in total. The molecule has 24 heavy (non-hydrogen) atoms. The molecule has 4 rings (SSSR count). The molecule has 2 heterocycles. The summed E-state index contributed by atoms with van der Waals surface area (Å²) >= 11 is 0. The van der Waals surface area contributed by atoms with Crippen molar-refractivity contribution in [2.45, 2.75) is 0 Å². The lowest BCUT2D eigenvalue weighted by molar-refractivity contribution is 0.381. The zero-order valence-electron chi connectivity index (χ0n) is 12.0. The summed E-state index contributed by atoms with van der Waals surface area (Å²) in [5.41, 5.74) is 0.106. The summed E-state index contributed by atoms with van der Waals surface area (Å²) in [7, 11) is 0. The molecule has 2 aromatic carbocycles. The average Bonchev–Trinajstić information content (AvgIpc) is 3.08. The van der Waals surface area contributed by atoms with Crippen LogP contribution in [0.3, 0.4) is 0 Å². The molecular weight excluding hydrogens is 325 g/mol. The molecule has 0 fully saturated rings. The van der Waals surface area contributed by atoms with Crippen LogP contribution in [0.25, 0.3) is 27.5 Å². The Labute approximate surface area is 132 Å². The smallest absolute Gasteiger partial charge is 0.200 e. The third kappa shape index (κ3) is 1.86. The van der Waals surface area contributed by atoms with Gasteiger partial charge in [0.15, 0.2) is 23.3 Å². The summed E-state index contributed by atoms with van der Waals surface area (Å²) in [5.74, 6) is -9.76. The lowest BCUT2D eigenvalue weighted by Gasteiger charge is -2.12. The number of pyridine rings is 1. The summed E-state index contributed by atoms with van der Waals surface area (Å²) in [6.07, 6.45) is 1.66. The van der Waals surface area contributed by atoms with Crippen LogP contribution in [0.2, 0.25) is 0 Å². The molecule has 2 aromatic heterocycles. The Morgan fingerprint density at radius 2 is 1.21 bits per heavy atom. The Kier molecular flexibility index (Phi) is 3.09. The van der Waals surface area contributed by atoms with E-state index in [9.17, 15) is 22.0 Å². The summed E-state index contributed by atoms with van der Waals surface area (Å²) in [5, 5.41) is 0.611. The van der Waals surface area contributed by atoms with Crippen LogP contribution in [0.15, 0.2) is 48.7 Å². The number of rotatable bonds is 1. The predicted octanol–water partition coefficient (Wildman–Crippen LogP) is 5.46. The van der Waals surface area contributed by atoms with Gasteiger partial charge >= 0.3 is 0 Å². The summed E-state index contributed by atoms with van der Waals surface area (Å²) < 4.78 is 70.4. The highest BCUT2D eigenvalue weighted by Gasteiger charge is 2.27. The Morgan fingerprint density at radius 1 is 0.625 bits per heavy atom. The van der Waals surface area contributed by atoms with Crippen molar-refractivity contribution in [3.8, 4) is 11.1 Å². The number of hydrogen-bond acceptors (Lipinski definition) is 0. The molecule has 0 bridgehead atoms. The zero-order chi connectivity index (χ0) is 17.0. The molecule has 0 spiro atoms. The van der Waals surface area contributed by atoms with Crippen molar-refractivity contribution in [3.05, 3.63) is 77.7 Å². The number of benzene rings is 2. The molecule has 0 aliphatic carbocycles. The van der Waals surface area contributed by atoms with Crippen molar-refractivity contribution >= 4 is 16.4 Å². The van der Waals surface area contributed by atoms with Crippen LogP contribution in [0.5, 0.6) is 0 Å². The second-order valence-electron chi connectivity index (χ2n) is 5.33. The van der Waals surface area contributed by atoms with Gasteiger partial charge in [0.25, 0.3) is 0 Å². The van der Waals surface area contributed by atoms with Crippen LogP contribution in [0.4, 0.5) is 22.0 Å². The van der Waals surface area contributed by atoms with Gasteiger partial charge in [0.1, 0.15) is 0 Å². The summed E-state index contributed by atoms with van der Waals surface area (Å²) in [4.78, 5) is 0. The van der Waals surface area contributed by atoms with Gasteiger partial charge in [0.05, 0.1) is 16.6 Å². The van der Waals surface area contributed by atoms with Crippen LogP contribution in [-0.4, -0.2) is 4.40 Å². The fourth-order valence-corrected chi connectivity index (χ4v) is 2.91. The van der Waals surface area contributed by atoms with Crippen LogP contribution in [0.1, 0.15) is 0 Å². The Morgan fingerprint density at radius 3 is 1.92 bits per heavy atom. The fraction of sp³-hybridized carbons (Fsp3) is 0. The molecule has 120 valence electrons. The van der Waals surface area contributed by atoms with E-state index >= 15 is 0 Å². The second-order valence-corrected chi connectivity index (χ2v) is 5.33. The molecule has 0 radical (unpaired) electrons. The number of para-hydroxylation sites is 1. The number of halogens is 5. The number of nitrogens with zero attached hydrogens (tertiary/aromatic N) is 1. The van der Waals surface area contributed by atoms with Gasteiger partial charge in [0, 0.05) is 11.8 Å². The van der Waals surface area contributed by atoms with Crippen LogP contribution in [0, 0.1) is 29.1 Å². The molecule has 0 atom stereocenters. The average molecular weight is 333 g/mol. The first-order valence-corrected chi connectivity index (χ1v) is 7.01. The van der Waals surface area contributed by atoms with Crippen molar-refractivity contribution in [2.75, 3.05) is 0 Å². The minimum absolute atomic E-state index is 0.0634. The molecule has 0 unspecified atom stereocenters. The van der Waals surface area contributed by atoms with Gasteiger partial charge < -0.3 is 4.40 Å². The van der Waals surface area contributed by atoms with Crippen molar-refractivity contribution in [1.29, 1.82) is 0 Å². The molecule has 0 N–H and O–H groups in total. The van der Waals surface area contributed by atoms with E-state index < -0.39 is 34.6 Å². The molecule has 0 aliphatic rings.